The molecule has 0 radical (unpaired) electrons. The fourth-order valence-electron chi connectivity index (χ4n) is 1.69. The molecule has 1 nitrogen and oxygen atoms in total. The molecule has 1 atom stereocenters. The fourth-order valence-corrected chi connectivity index (χ4v) is 1.69. The normalized spacial score (nSPS) is 12.8. The minimum absolute atomic E-state index is 0.281. The van der Waals surface area contributed by atoms with Gasteiger partial charge >= 0.3 is 0 Å². The van der Waals surface area contributed by atoms with Crippen LogP contribution in [0.15, 0.2) is 55.1 Å². The average Bonchev–Trinajstić information content (AvgIpc) is 2.37. The lowest BCUT2D eigenvalue weighted by Gasteiger charge is -2.15. The number of allylic oxidation sites excluding steroid dienone is 2. The predicted octanol–water partition coefficient (Wildman–Crippen LogP) is 4.50. The predicted molar refractivity (Wildman–Crippen MR) is 73.9 cm³/mol. The summed E-state index contributed by atoms with van der Waals surface area (Å²) in [5.74, 6) is 0. The molecule has 1 aromatic rings. The molecule has 1 heteroatoms. The molecular weight excluding hydrogens is 208 g/mol. The van der Waals surface area contributed by atoms with Crippen molar-refractivity contribution >= 4 is 0 Å². The molecule has 1 unspecified atom stereocenters. The van der Waals surface area contributed by atoms with Crippen molar-refractivity contribution in [3.8, 4) is 0 Å². The van der Waals surface area contributed by atoms with Crippen LogP contribution in [0.2, 0.25) is 0 Å². The van der Waals surface area contributed by atoms with Crippen LogP contribution in [0.5, 0.6) is 0 Å². The monoisotopic (exact) mass is 230 g/mol. The van der Waals surface area contributed by atoms with Gasteiger partial charge in [0.05, 0.1) is 12.7 Å². The standard InChI is InChI=1S/C16H22O/c1-3-5-7-13-16(10-4-2)17-14-15-11-8-6-9-12-15/h3-6,8-9,11-12,16H,2,7,10,13-14H2,1H3/b5-3+. The molecule has 92 valence electrons. The average molecular weight is 230 g/mol. The van der Waals surface area contributed by atoms with Crippen molar-refractivity contribution in [2.75, 3.05) is 0 Å². The fraction of sp³-hybridized carbons (Fsp3) is 0.375. The molecule has 0 aromatic heterocycles. The molecule has 0 aliphatic rings. The molecule has 0 saturated carbocycles. The van der Waals surface area contributed by atoms with E-state index in [0.717, 1.165) is 19.3 Å². The third-order valence-electron chi connectivity index (χ3n) is 2.65. The zero-order chi connectivity index (χ0) is 12.3. The van der Waals surface area contributed by atoms with Gasteiger partial charge in [-0.05, 0) is 31.7 Å². The number of ether oxygens (including phenoxy) is 1. The second kappa shape index (κ2) is 8.77. The second-order valence-corrected chi connectivity index (χ2v) is 4.09. The van der Waals surface area contributed by atoms with Crippen LogP contribution in [-0.2, 0) is 11.3 Å². The Kier molecular flexibility index (Phi) is 7.08. The van der Waals surface area contributed by atoms with E-state index >= 15 is 0 Å². The van der Waals surface area contributed by atoms with Gasteiger partial charge in [-0.15, -0.1) is 6.58 Å². The van der Waals surface area contributed by atoms with Crippen molar-refractivity contribution in [1.82, 2.24) is 0 Å². The van der Waals surface area contributed by atoms with Gasteiger partial charge < -0.3 is 4.74 Å². The van der Waals surface area contributed by atoms with E-state index in [-0.39, 0.29) is 6.10 Å². The maximum atomic E-state index is 5.91. The van der Waals surface area contributed by atoms with Crippen LogP contribution < -0.4 is 0 Å². The Hall–Kier alpha value is -1.34. The summed E-state index contributed by atoms with van der Waals surface area (Å²) in [6.07, 6.45) is 9.54. The van der Waals surface area contributed by atoms with Gasteiger partial charge in [-0.25, -0.2) is 0 Å². The molecule has 1 rings (SSSR count). The van der Waals surface area contributed by atoms with E-state index in [1.165, 1.54) is 5.56 Å². The smallest absolute Gasteiger partial charge is 0.0720 e. The number of benzene rings is 1. The first-order valence-electron chi connectivity index (χ1n) is 6.24. The lowest BCUT2D eigenvalue weighted by atomic mass is 10.1. The minimum Gasteiger partial charge on any atom is -0.373 e. The first-order chi connectivity index (χ1) is 8.36. The Morgan fingerprint density at radius 2 is 2.06 bits per heavy atom. The van der Waals surface area contributed by atoms with E-state index in [1.807, 2.05) is 31.2 Å². The Bertz CT molecular complexity index is 327. The molecule has 0 aliphatic heterocycles. The van der Waals surface area contributed by atoms with Gasteiger partial charge in [0.1, 0.15) is 0 Å². The number of hydrogen-bond acceptors (Lipinski definition) is 1. The van der Waals surface area contributed by atoms with Gasteiger partial charge in [-0.1, -0.05) is 48.6 Å². The first-order valence-corrected chi connectivity index (χ1v) is 6.24. The van der Waals surface area contributed by atoms with Crippen molar-refractivity contribution in [3.63, 3.8) is 0 Å². The summed E-state index contributed by atoms with van der Waals surface area (Å²) in [5, 5.41) is 0. The van der Waals surface area contributed by atoms with Gasteiger partial charge in [-0.2, -0.15) is 0 Å². The summed E-state index contributed by atoms with van der Waals surface area (Å²) < 4.78 is 5.91. The van der Waals surface area contributed by atoms with Crippen LogP contribution in [-0.4, -0.2) is 6.10 Å². The van der Waals surface area contributed by atoms with Crippen molar-refractivity contribution < 1.29 is 4.74 Å². The van der Waals surface area contributed by atoms with Crippen LogP contribution in [0.3, 0.4) is 0 Å². The summed E-state index contributed by atoms with van der Waals surface area (Å²) >= 11 is 0. The van der Waals surface area contributed by atoms with E-state index < -0.39 is 0 Å². The molecule has 0 fully saturated rings. The SMILES string of the molecule is C=CCC(CC/C=C/C)OCc1ccccc1. The molecule has 17 heavy (non-hydrogen) atoms. The highest BCUT2D eigenvalue weighted by Crippen LogP contribution is 2.11. The Labute approximate surface area is 105 Å². The van der Waals surface area contributed by atoms with Gasteiger partial charge in [0.2, 0.25) is 0 Å². The molecule has 0 saturated heterocycles. The summed E-state index contributed by atoms with van der Waals surface area (Å²) in [7, 11) is 0. The van der Waals surface area contributed by atoms with Gasteiger partial charge in [0.25, 0.3) is 0 Å². The summed E-state index contributed by atoms with van der Waals surface area (Å²) in [4.78, 5) is 0. The highest BCUT2D eigenvalue weighted by atomic mass is 16.5. The van der Waals surface area contributed by atoms with Crippen LogP contribution >= 0.6 is 0 Å². The first kappa shape index (κ1) is 13.7. The summed E-state index contributed by atoms with van der Waals surface area (Å²) in [5.41, 5.74) is 1.23. The summed E-state index contributed by atoms with van der Waals surface area (Å²) in [6.45, 7) is 6.52. The van der Waals surface area contributed by atoms with Crippen molar-refractivity contribution in [1.29, 1.82) is 0 Å². The van der Waals surface area contributed by atoms with Crippen molar-refractivity contribution in [3.05, 3.63) is 60.7 Å². The van der Waals surface area contributed by atoms with Crippen molar-refractivity contribution in [2.45, 2.75) is 38.9 Å². The van der Waals surface area contributed by atoms with Crippen LogP contribution in [0.4, 0.5) is 0 Å². The van der Waals surface area contributed by atoms with Gasteiger partial charge in [0.15, 0.2) is 0 Å². The highest BCUT2D eigenvalue weighted by Gasteiger charge is 2.06. The van der Waals surface area contributed by atoms with Gasteiger partial charge in [0, 0.05) is 0 Å². The second-order valence-electron chi connectivity index (χ2n) is 4.09. The lowest BCUT2D eigenvalue weighted by Crippen LogP contribution is -2.11. The van der Waals surface area contributed by atoms with E-state index in [9.17, 15) is 0 Å². The van der Waals surface area contributed by atoms with Crippen LogP contribution in [0, 0.1) is 0 Å². The van der Waals surface area contributed by atoms with Gasteiger partial charge in [-0.3, -0.25) is 0 Å². The number of rotatable bonds is 8. The Morgan fingerprint density at radius 1 is 1.29 bits per heavy atom. The maximum Gasteiger partial charge on any atom is 0.0720 e. The molecule has 0 N–H and O–H groups in total. The molecular formula is C16H22O. The Balaban J connectivity index is 2.35. The topological polar surface area (TPSA) is 9.23 Å². The van der Waals surface area contributed by atoms with E-state index in [0.29, 0.717) is 6.61 Å². The third kappa shape index (κ3) is 6.08. The molecule has 0 heterocycles. The highest BCUT2D eigenvalue weighted by molar-refractivity contribution is 5.13. The maximum absolute atomic E-state index is 5.91. The molecule has 1 aromatic carbocycles. The quantitative estimate of drug-likeness (QED) is 0.597. The Morgan fingerprint density at radius 3 is 2.71 bits per heavy atom. The molecule has 0 bridgehead atoms. The largest absolute Gasteiger partial charge is 0.373 e. The van der Waals surface area contributed by atoms with E-state index in [2.05, 4.69) is 30.9 Å². The lowest BCUT2D eigenvalue weighted by molar-refractivity contribution is 0.0377. The zero-order valence-electron chi connectivity index (χ0n) is 10.6. The zero-order valence-corrected chi connectivity index (χ0v) is 10.6. The van der Waals surface area contributed by atoms with E-state index in [1.54, 1.807) is 0 Å². The molecule has 0 spiro atoms. The molecule has 0 amide bonds. The minimum atomic E-state index is 0.281. The van der Waals surface area contributed by atoms with Crippen LogP contribution in [0.25, 0.3) is 0 Å². The third-order valence-corrected chi connectivity index (χ3v) is 2.65. The van der Waals surface area contributed by atoms with Crippen molar-refractivity contribution in [2.24, 2.45) is 0 Å². The number of hydrogen-bond donors (Lipinski definition) is 0. The molecule has 0 aliphatic carbocycles. The van der Waals surface area contributed by atoms with Crippen LogP contribution in [0.1, 0.15) is 31.7 Å². The van der Waals surface area contributed by atoms with E-state index in [4.69, 9.17) is 4.74 Å². The summed E-state index contributed by atoms with van der Waals surface area (Å²) in [6, 6.07) is 10.3.